The van der Waals surface area contributed by atoms with Crippen LogP contribution >= 0.6 is 0 Å². The SMILES string of the molecule is CCCNC(C1=CCCCO1)c1cc(C)cc(F)c1. The lowest BCUT2D eigenvalue weighted by molar-refractivity contribution is 0.167. The molecule has 0 saturated carbocycles. The van der Waals surface area contributed by atoms with Crippen LogP contribution in [-0.4, -0.2) is 13.2 Å². The number of nitrogens with one attached hydrogen (secondary N) is 1. The highest BCUT2D eigenvalue weighted by molar-refractivity contribution is 5.31. The van der Waals surface area contributed by atoms with Crippen molar-refractivity contribution in [3.63, 3.8) is 0 Å². The molecule has 0 fully saturated rings. The van der Waals surface area contributed by atoms with E-state index in [9.17, 15) is 4.39 Å². The number of ether oxygens (including phenoxy) is 1. The van der Waals surface area contributed by atoms with Crippen molar-refractivity contribution in [3.8, 4) is 0 Å². The fourth-order valence-corrected chi connectivity index (χ4v) is 2.38. The fourth-order valence-electron chi connectivity index (χ4n) is 2.38. The first-order chi connectivity index (χ1) is 9.20. The third kappa shape index (κ3) is 3.80. The number of rotatable bonds is 5. The second-order valence-electron chi connectivity index (χ2n) is 5.05. The molecule has 3 heteroatoms. The summed E-state index contributed by atoms with van der Waals surface area (Å²) in [6.07, 6.45) is 5.26. The molecule has 0 spiro atoms. The van der Waals surface area contributed by atoms with Crippen LogP contribution in [0.15, 0.2) is 30.0 Å². The van der Waals surface area contributed by atoms with Crippen molar-refractivity contribution in [2.75, 3.05) is 13.2 Å². The number of allylic oxidation sites excluding steroid dienone is 1. The molecule has 0 aromatic heterocycles. The second-order valence-corrected chi connectivity index (χ2v) is 5.05. The second kappa shape index (κ2) is 6.71. The standard InChI is InChI=1S/C16H22FNO/c1-3-7-18-16(15-6-4-5-8-19-15)13-9-12(2)10-14(17)11-13/h6,9-11,16,18H,3-5,7-8H2,1-2H3. The van der Waals surface area contributed by atoms with Gasteiger partial charge in [0.25, 0.3) is 0 Å². The lowest BCUT2D eigenvalue weighted by Gasteiger charge is -2.25. The van der Waals surface area contributed by atoms with E-state index in [-0.39, 0.29) is 11.9 Å². The molecule has 2 nitrogen and oxygen atoms in total. The average molecular weight is 263 g/mol. The minimum Gasteiger partial charge on any atom is -0.496 e. The Morgan fingerprint density at radius 2 is 2.21 bits per heavy atom. The molecule has 104 valence electrons. The van der Waals surface area contributed by atoms with E-state index < -0.39 is 0 Å². The lowest BCUT2D eigenvalue weighted by atomic mass is 10.0. The van der Waals surface area contributed by atoms with Gasteiger partial charge in [-0.2, -0.15) is 0 Å². The molecule has 1 unspecified atom stereocenters. The highest BCUT2D eigenvalue weighted by Gasteiger charge is 2.20. The summed E-state index contributed by atoms with van der Waals surface area (Å²) in [7, 11) is 0. The Hall–Kier alpha value is -1.35. The molecular formula is C16H22FNO. The summed E-state index contributed by atoms with van der Waals surface area (Å²) in [5, 5.41) is 3.45. The summed E-state index contributed by atoms with van der Waals surface area (Å²) < 4.78 is 19.3. The zero-order valence-electron chi connectivity index (χ0n) is 11.7. The number of hydrogen-bond acceptors (Lipinski definition) is 2. The van der Waals surface area contributed by atoms with Crippen LogP contribution in [0.3, 0.4) is 0 Å². The lowest BCUT2D eigenvalue weighted by Crippen LogP contribution is -2.26. The van der Waals surface area contributed by atoms with Crippen molar-refractivity contribution in [2.24, 2.45) is 0 Å². The van der Waals surface area contributed by atoms with Gasteiger partial charge in [-0.1, -0.05) is 13.0 Å². The van der Waals surface area contributed by atoms with E-state index in [0.717, 1.165) is 49.3 Å². The molecule has 1 atom stereocenters. The van der Waals surface area contributed by atoms with Gasteiger partial charge in [0.05, 0.1) is 12.6 Å². The van der Waals surface area contributed by atoms with E-state index in [4.69, 9.17) is 4.74 Å². The van der Waals surface area contributed by atoms with Crippen LogP contribution in [0.1, 0.15) is 43.4 Å². The molecule has 19 heavy (non-hydrogen) atoms. The van der Waals surface area contributed by atoms with Crippen LogP contribution in [-0.2, 0) is 4.74 Å². The largest absolute Gasteiger partial charge is 0.496 e. The normalized spacial score (nSPS) is 16.7. The molecule has 2 rings (SSSR count). The van der Waals surface area contributed by atoms with E-state index >= 15 is 0 Å². The van der Waals surface area contributed by atoms with E-state index in [1.807, 2.05) is 13.0 Å². The first kappa shape index (κ1) is 14.1. The van der Waals surface area contributed by atoms with Gasteiger partial charge in [0.15, 0.2) is 0 Å². The maximum Gasteiger partial charge on any atom is 0.123 e. The zero-order chi connectivity index (χ0) is 13.7. The van der Waals surface area contributed by atoms with Crippen LogP contribution in [0.25, 0.3) is 0 Å². The minimum atomic E-state index is -0.185. The maximum absolute atomic E-state index is 13.6. The summed E-state index contributed by atoms with van der Waals surface area (Å²) in [6, 6.07) is 5.14. The predicted octanol–water partition coefficient (Wildman–Crippen LogP) is 3.87. The van der Waals surface area contributed by atoms with Crippen molar-refractivity contribution >= 4 is 0 Å². The maximum atomic E-state index is 13.6. The summed E-state index contributed by atoms with van der Waals surface area (Å²) >= 11 is 0. The molecule has 1 aromatic carbocycles. The molecule has 0 amide bonds. The topological polar surface area (TPSA) is 21.3 Å². The predicted molar refractivity (Wildman–Crippen MR) is 75.4 cm³/mol. The molecule has 1 aliphatic heterocycles. The van der Waals surface area contributed by atoms with Gasteiger partial charge in [-0.15, -0.1) is 0 Å². The molecule has 1 aromatic rings. The molecule has 0 radical (unpaired) electrons. The van der Waals surface area contributed by atoms with Crippen LogP contribution in [0.4, 0.5) is 4.39 Å². The Kier molecular flexibility index (Phi) is 4.97. The van der Waals surface area contributed by atoms with Crippen LogP contribution < -0.4 is 5.32 Å². The van der Waals surface area contributed by atoms with Crippen molar-refractivity contribution in [2.45, 2.75) is 39.2 Å². The molecule has 0 bridgehead atoms. The Bertz CT molecular complexity index is 436. The summed E-state index contributed by atoms with van der Waals surface area (Å²) in [6.45, 7) is 5.68. The highest BCUT2D eigenvalue weighted by atomic mass is 19.1. The smallest absolute Gasteiger partial charge is 0.123 e. The Balaban J connectivity index is 2.27. The minimum absolute atomic E-state index is 0.0327. The van der Waals surface area contributed by atoms with Crippen LogP contribution in [0, 0.1) is 12.7 Å². The summed E-state index contributed by atoms with van der Waals surface area (Å²) in [4.78, 5) is 0. The molecule has 0 saturated heterocycles. The summed E-state index contributed by atoms with van der Waals surface area (Å²) in [5.74, 6) is 0.749. The van der Waals surface area contributed by atoms with Crippen molar-refractivity contribution in [1.29, 1.82) is 0 Å². The van der Waals surface area contributed by atoms with Gasteiger partial charge >= 0.3 is 0 Å². The van der Waals surface area contributed by atoms with E-state index in [0.29, 0.717) is 0 Å². The van der Waals surface area contributed by atoms with E-state index in [2.05, 4.69) is 18.3 Å². The molecule has 1 aliphatic rings. The number of halogens is 1. The highest BCUT2D eigenvalue weighted by Crippen LogP contribution is 2.27. The van der Waals surface area contributed by atoms with Crippen LogP contribution in [0.2, 0.25) is 0 Å². The van der Waals surface area contributed by atoms with Gasteiger partial charge in [0.1, 0.15) is 11.6 Å². The zero-order valence-corrected chi connectivity index (χ0v) is 11.7. The van der Waals surface area contributed by atoms with Gasteiger partial charge in [0, 0.05) is 0 Å². The van der Waals surface area contributed by atoms with Gasteiger partial charge in [-0.3, -0.25) is 0 Å². The van der Waals surface area contributed by atoms with E-state index in [1.165, 1.54) is 0 Å². The third-order valence-corrected chi connectivity index (χ3v) is 3.24. The first-order valence-electron chi connectivity index (χ1n) is 7.04. The number of hydrogen-bond donors (Lipinski definition) is 1. The third-order valence-electron chi connectivity index (χ3n) is 3.24. The Morgan fingerprint density at radius 3 is 2.84 bits per heavy atom. The van der Waals surface area contributed by atoms with Gasteiger partial charge in [0.2, 0.25) is 0 Å². The van der Waals surface area contributed by atoms with Gasteiger partial charge < -0.3 is 10.1 Å². The Morgan fingerprint density at radius 1 is 1.37 bits per heavy atom. The first-order valence-corrected chi connectivity index (χ1v) is 7.04. The number of benzene rings is 1. The fraction of sp³-hybridized carbons (Fsp3) is 0.500. The van der Waals surface area contributed by atoms with E-state index in [1.54, 1.807) is 12.1 Å². The van der Waals surface area contributed by atoms with Crippen molar-refractivity contribution in [1.82, 2.24) is 5.32 Å². The van der Waals surface area contributed by atoms with Crippen molar-refractivity contribution in [3.05, 3.63) is 47.0 Å². The summed E-state index contributed by atoms with van der Waals surface area (Å²) in [5.41, 5.74) is 1.88. The van der Waals surface area contributed by atoms with Gasteiger partial charge in [-0.25, -0.2) is 4.39 Å². The van der Waals surface area contributed by atoms with Crippen LogP contribution in [0.5, 0.6) is 0 Å². The quantitative estimate of drug-likeness (QED) is 0.870. The van der Waals surface area contributed by atoms with Gasteiger partial charge in [-0.05, 0) is 62.1 Å². The molecule has 1 heterocycles. The molecular weight excluding hydrogens is 241 g/mol. The van der Waals surface area contributed by atoms with Crippen molar-refractivity contribution < 1.29 is 9.13 Å². The number of aryl methyl sites for hydroxylation is 1. The Labute approximate surface area is 114 Å². The molecule has 1 N–H and O–H groups in total. The molecule has 0 aliphatic carbocycles. The average Bonchev–Trinajstić information content (AvgIpc) is 2.39. The monoisotopic (exact) mass is 263 g/mol.